The molecule has 4 rings (SSSR count). The van der Waals surface area contributed by atoms with Gasteiger partial charge in [0.2, 0.25) is 0 Å². The molecule has 2 aromatic carbocycles. The van der Waals surface area contributed by atoms with E-state index in [4.69, 9.17) is 9.57 Å². The van der Waals surface area contributed by atoms with Crippen molar-refractivity contribution in [3.8, 4) is 0 Å². The standard InChI is InChI=1S/C16H13NO3/c18-15-13-7-3-4-8-14(13)16-17(15)20-10-12-6-2-1-5-11(12)9-19-16/h1-8,16H,9-10H2. The van der Waals surface area contributed by atoms with Crippen molar-refractivity contribution < 1.29 is 14.4 Å². The monoisotopic (exact) mass is 267 g/mol. The van der Waals surface area contributed by atoms with Crippen LogP contribution in [0, 0.1) is 0 Å². The zero-order valence-electron chi connectivity index (χ0n) is 10.8. The third-order valence-electron chi connectivity index (χ3n) is 3.74. The molecule has 2 aromatic rings. The molecule has 4 nitrogen and oxygen atoms in total. The first-order chi connectivity index (χ1) is 9.84. The van der Waals surface area contributed by atoms with Crippen molar-refractivity contribution >= 4 is 5.91 Å². The molecule has 0 radical (unpaired) electrons. The zero-order chi connectivity index (χ0) is 13.5. The number of hydrogen-bond acceptors (Lipinski definition) is 3. The molecule has 0 aliphatic carbocycles. The maximum absolute atomic E-state index is 12.3. The largest absolute Gasteiger partial charge is 0.347 e. The minimum Gasteiger partial charge on any atom is -0.347 e. The predicted molar refractivity (Wildman–Crippen MR) is 71.4 cm³/mol. The smallest absolute Gasteiger partial charge is 0.280 e. The van der Waals surface area contributed by atoms with Crippen LogP contribution in [0.15, 0.2) is 48.5 Å². The number of carbonyl (C=O) groups is 1. The lowest BCUT2D eigenvalue weighted by Gasteiger charge is -2.27. The molecule has 0 bridgehead atoms. The summed E-state index contributed by atoms with van der Waals surface area (Å²) >= 11 is 0. The normalized spacial score (nSPS) is 20.7. The van der Waals surface area contributed by atoms with E-state index >= 15 is 0 Å². The minimum absolute atomic E-state index is 0.134. The molecule has 1 unspecified atom stereocenters. The van der Waals surface area contributed by atoms with Crippen molar-refractivity contribution in [2.45, 2.75) is 19.4 Å². The fraction of sp³-hybridized carbons (Fsp3) is 0.188. The van der Waals surface area contributed by atoms with Crippen LogP contribution in [0.3, 0.4) is 0 Å². The summed E-state index contributed by atoms with van der Waals surface area (Å²) < 4.78 is 5.91. The number of nitrogens with zero attached hydrogens (tertiary/aromatic N) is 1. The molecule has 1 amide bonds. The Morgan fingerprint density at radius 1 is 0.950 bits per heavy atom. The number of rotatable bonds is 0. The van der Waals surface area contributed by atoms with Gasteiger partial charge in [0.25, 0.3) is 5.91 Å². The van der Waals surface area contributed by atoms with Crippen molar-refractivity contribution in [1.82, 2.24) is 5.06 Å². The molecular weight excluding hydrogens is 254 g/mol. The van der Waals surface area contributed by atoms with E-state index in [-0.39, 0.29) is 5.91 Å². The Hall–Kier alpha value is -2.17. The van der Waals surface area contributed by atoms with E-state index in [1.54, 1.807) is 0 Å². The number of hydrogen-bond donors (Lipinski definition) is 0. The van der Waals surface area contributed by atoms with Gasteiger partial charge in [-0.25, -0.2) is 0 Å². The molecule has 0 aromatic heterocycles. The molecule has 0 N–H and O–H groups in total. The average molecular weight is 267 g/mol. The first kappa shape index (κ1) is 11.6. The van der Waals surface area contributed by atoms with Gasteiger partial charge in [0.05, 0.1) is 6.61 Å². The molecule has 0 fully saturated rings. The lowest BCUT2D eigenvalue weighted by atomic mass is 10.1. The van der Waals surface area contributed by atoms with Crippen LogP contribution < -0.4 is 0 Å². The summed E-state index contributed by atoms with van der Waals surface area (Å²) in [7, 11) is 0. The lowest BCUT2D eigenvalue weighted by Crippen LogP contribution is -2.31. The van der Waals surface area contributed by atoms with Gasteiger partial charge < -0.3 is 4.74 Å². The second kappa shape index (κ2) is 4.44. The Kier molecular flexibility index (Phi) is 2.58. The molecule has 0 spiro atoms. The molecule has 2 heterocycles. The molecule has 4 heteroatoms. The summed E-state index contributed by atoms with van der Waals surface area (Å²) in [5.41, 5.74) is 3.68. The van der Waals surface area contributed by atoms with Gasteiger partial charge in [0, 0.05) is 11.1 Å². The summed E-state index contributed by atoms with van der Waals surface area (Å²) in [6.45, 7) is 0.859. The second-order valence-electron chi connectivity index (χ2n) is 4.92. The van der Waals surface area contributed by atoms with Crippen LogP contribution in [0.5, 0.6) is 0 Å². The molecule has 0 saturated carbocycles. The average Bonchev–Trinajstić information content (AvgIpc) is 2.73. The van der Waals surface area contributed by atoms with Crippen molar-refractivity contribution in [2.75, 3.05) is 0 Å². The Balaban J connectivity index is 1.74. The quantitative estimate of drug-likeness (QED) is 0.736. The topological polar surface area (TPSA) is 38.8 Å². The number of fused-ring (bicyclic) bond motifs is 4. The highest BCUT2D eigenvalue weighted by Gasteiger charge is 2.39. The molecule has 0 saturated heterocycles. The van der Waals surface area contributed by atoms with Crippen molar-refractivity contribution in [3.05, 3.63) is 70.8 Å². The maximum atomic E-state index is 12.3. The zero-order valence-corrected chi connectivity index (χ0v) is 10.8. The highest BCUT2D eigenvalue weighted by Crippen LogP contribution is 2.37. The van der Waals surface area contributed by atoms with Crippen molar-refractivity contribution in [3.63, 3.8) is 0 Å². The van der Waals surface area contributed by atoms with E-state index in [9.17, 15) is 4.79 Å². The van der Waals surface area contributed by atoms with Crippen molar-refractivity contribution in [1.29, 1.82) is 0 Å². The van der Waals surface area contributed by atoms with Gasteiger partial charge in [0.1, 0.15) is 6.61 Å². The van der Waals surface area contributed by atoms with Gasteiger partial charge >= 0.3 is 0 Å². The summed E-state index contributed by atoms with van der Waals surface area (Å²) in [6, 6.07) is 15.4. The van der Waals surface area contributed by atoms with E-state index in [1.807, 2.05) is 48.5 Å². The van der Waals surface area contributed by atoms with Gasteiger partial charge in [-0.2, -0.15) is 5.06 Å². The number of benzene rings is 2. The number of hydroxylamine groups is 2. The first-order valence-corrected chi connectivity index (χ1v) is 6.58. The van der Waals surface area contributed by atoms with Gasteiger partial charge in [-0.15, -0.1) is 0 Å². The van der Waals surface area contributed by atoms with E-state index in [1.165, 1.54) is 5.06 Å². The van der Waals surface area contributed by atoms with Gasteiger partial charge in [0.15, 0.2) is 6.23 Å². The van der Waals surface area contributed by atoms with Crippen LogP contribution in [-0.2, 0) is 22.8 Å². The van der Waals surface area contributed by atoms with Crippen LogP contribution in [0.25, 0.3) is 0 Å². The SMILES string of the molecule is O=C1c2ccccc2C2OCc3ccccc3CON12. The summed E-state index contributed by atoms with van der Waals surface area (Å²) in [6.07, 6.45) is -0.452. The first-order valence-electron chi connectivity index (χ1n) is 6.58. The fourth-order valence-electron chi connectivity index (χ4n) is 2.69. The summed E-state index contributed by atoms with van der Waals surface area (Å²) in [5.74, 6) is -0.134. The van der Waals surface area contributed by atoms with Crippen LogP contribution in [0.2, 0.25) is 0 Å². The van der Waals surface area contributed by atoms with Crippen LogP contribution in [0.1, 0.15) is 33.3 Å². The van der Waals surface area contributed by atoms with E-state index < -0.39 is 6.23 Å². The Labute approximate surface area is 116 Å². The minimum atomic E-state index is -0.452. The third kappa shape index (κ3) is 1.66. The molecular formula is C16H13NO3. The summed E-state index contributed by atoms with van der Waals surface area (Å²) in [4.78, 5) is 18.0. The van der Waals surface area contributed by atoms with Crippen LogP contribution in [0.4, 0.5) is 0 Å². The third-order valence-corrected chi connectivity index (χ3v) is 3.74. The number of amides is 1. The van der Waals surface area contributed by atoms with Crippen LogP contribution in [-0.4, -0.2) is 11.0 Å². The predicted octanol–water partition coefficient (Wildman–Crippen LogP) is 2.80. The van der Waals surface area contributed by atoms with Gasteiger partial charge in [-0.05, 0) is 17.2 Å². The molecule has 20 heavy (non-hydrogen) atoms. The molecule has 2 aliphatic heterocycles. The number of carbonyl (C=O) groups excluding carboxylic acids is 1. The molecule has 2 aliphatic rings. The highest BCUT2D eigenvalue weighted by atomic mass is 16.7. The van der Waals surface area contributed by atoms with Gasteiger partial charge in [-0.3, -0.25) is 9.63 Å². The summed E-state index contributed by atoms with van der Waals surface area (Å²) in [5, 5.41) is 1.35. The Morgan fingerprint density at radius 3 is 2.50 bits per heavy atom. The van der Waals surface area contributed by atoms with E-state index in [0.29, 0.717) is 18.8 Å². The molecule has 1 atom stereocenters. The van der Waals surface area contributed by atoms with Crippen molar-refractivity contribution in [2.24, 2.45) is 0 Å². The van der Waals surface area contributed by atoms with Crippen LogP contribution >= 0.6 is 0 Å². The maximum Gasteiger partial charge on any atom is 0.280 e. The highest BCUT2D eigenvalue weighted by molar-refractivity contribution is 5.98. The van der Waals surface area contributed by atoms with E-state index in [2.05, 4.69) is 0 Å². The molecule has 100 valence electrons. The van der Waals surface area contributed by atoms with E-state index in [0.717, 1.165) is 16.7 Å². The Morgan fingerprint density at radius 2 is 1.65 bits per heavy atom. The lowest BCUT2D eigenvalue weighted by molar-refractivity contribution is -0.231. The fourth-order valence-corrected chi connectivity index (χ4v) is 2.69. The van der Waals surface area contributed by atoms with Gasteiger partial charge in [-0.1, -0.05) is 42.5 Å². The second-order valence-corrected chi connectivity index (χ2v) is 4.92. The Bertz CT molecular complexity index is 683. The number of ether oxygens (including phenoxy) is 1.